The van der Waals surface area contributed by atoms with Crippen molar-refractivity contribution in [3.05, 3.63) is 65.2 Å². The van der Waals surface area contributed by atoms with E-state index in [1.807, 2.05) is 56.3 Å². The van der Waals surface area contributed by atoms with Gasteiger partial charge in [0.15, 0.2) is 0 Å². The quantitative estimate of drug-likeness (QED) is 0.857. The van der Waals surface area contributed by atoms with E-state index < -0.39 is 5.54 Å². The van der Waals surface area contributed by atoms with Crippen molar-refractivity contribution in [2.24, 2.45) is 0 Å². The topological polar surface area (TPSA) is 41.5 Å². The number of ether oxygens (including phenoxy) is 1. The summed E-state index contributed by atoms with van der Waals surface area (Å²) >= 11 is 0. The van der Waals surface area contributed by atoms with Crippen molar-refractivity contribution in [1.29, 1.82) is 0 Å². The number of hydrogen-bond donors (Lipinski definition) is 2. The van der Waals surface area contributed by atoms with Gasteiger partial charge in [-0.1, -0.05) is 42.5 Å². The van der Waals surface area contributed by atoms with Crippen molar-refractivity contribution in [2.75, 3.05) is 13.7 Å². The number of methoxy groups -OCH3 is 1. The molecule has 1 unspecified atom stereocenters. The van der Waals surface area contributed by atoms with E-state index in [0.717, 1.165) is 16.9 Å². The van der Waals surface area contributed by atoms with Crippen molar-refractivity contribution in [2.45, 2.75) is 25.9 Å². The van der Waals surface area contributed by atoms with Crippen molar-refractivity contribution in [1.82, 2.24) is 5.32 Å². The molecule has 0 bridgehead atoms. The summed E-state index contributed by atoms with van der Waals surface area (Å²) in [4.78, 5) is 0. The molecule has 0 fully saturated rings. The lowest BCUT2D eigenvalue weighted by molar-refractivity contribution is 0.173. The monoisotopic (exact) mass is 285 g/mol. The number of hydrogen-bond acceptors (Lipinski definition) is 3. The number of nitrogens with one attached hydrogen (secondary N) is 1. The molecular formula is C18H23NO2. The molecule has 2 rings (SSSR count). The molecule has 0 aliphatic rings. The molecule has 2 N–H and O–H groups in total. The summed E-state index contributed by atoms with van der Waals surface area (Å²) in [7, 11) is 1.68. The van der Waals surface area contributed by atoms with Gasteiger partial charge in [0.05, 0.1) is 19.3 Å². The number of aliphatic hydroxyl groups is 1. The lowest BCUT2D eigenvalue weighted by Gasteiger charge is -2.29. The fourth-order valence-electron chi connectivity index (χ4n) is 2.40. The highest BCUT2D eigenvalue weighted by Crippen LogP contribution is 2.22. The fourth-order valence-corrected chi connectivity index (χ4v) is 2.40. The van der Waals surface area contributed by atoms with E-state index >= 15 is 0 Å². The molecule has 1 atom stereocenters. The third-order valence-electron chi connectivity index (χ3n) is 3.87. The highest BCUT2D eigenvalue weighted by Gasteiger charge is 2.24. The zero-order valence-electron chi connectivity index (χ0n) is 12.9. The van der Waals surface area contributed by atoms with Crippen LogP contribution in [0, 0.1) is 6.92 Å². The van der Waals surface area contributed by atoms with Gasteiger partial charge in [0.2, 0.25) is 0 Å². The van der Waals surface area contributed by atoms with E-state index in [2.05, 4.69) is 11.4 Å². The molecule has 112 valence electrons. The van der Waals surface area contributed by atoms with Crippen LogP contribution in [0.4, 0.5) is 0 Å². The van der Waals surface area contributed by atoms with Crippen molar-refractivity contribution in [3.8, 4) is 5.75 Å². The highest BCUT2D eigenvalue weighted by molar-refractivity contribution is 5.36. The lowest BCUT2D eigenvalue weighted by Crippen LogP contribution is -2.42. The van der Waals surface area contributed by atoms with Gasteiger partial charge in [0.1, 0.15) is 5.75 Å². The summed E-state index contributed by atoms with van der Waals surface area (Å²) in [6.07, 6.45) is 0. The Morgan fingerprint density at radius 3 is 2.43 bits per heavy atom. The highest BCUT2D eigenvalue weighted by atomic mass is 16.5. The van der Waals surface area contributed by atoms with E-state index in [1.54, 1.807) is 7.11 Å². The largest absolute Gasteiger partial charge is 0.496 e. The number of rotatable bonds is 6. The van der Waals surface area contributed by atoms with Crippen LogP contribution in [0.3, 0.4) is 0 Å². The standard InChI is InChI=1S/C18H23NO2/c1-14-11-15(9-10-17(14)21-3)12-19-18(2,13-20)16-7-5-4-6-8-16/h4-11,19-20H,12-13H2,1-3H3. The summed E-state index contributed by atoms with van der Waals surface area (Å²) in [5.74, 6) is 0.895. The molecule has 0 spiro atoms. The Hall–Kier alpha value is -1.84. The molecule has 0 saturated heterocycles. The molecule has 21 heavy (non-hydrogen) atoms. The van der Waals surface area contributed by atoms with Crippen LogP contribution >= 0.6 is 0 Å². The number of aliphatic hydroxyl groups excluding tert-OH is 1. The Balaban J connectivity index is 2.12. The molecule has 2 aromatic rings. The maximum atomic E-state index is 9.77. The zero-order chi connectivity index (χ0) is 15.3. The van der Waals surface area contributed by atoms with Crippen molar-refractivity contribution >= 4 is 0 Å². The Morgan fingerprint density at radius 1 is 1.14 bits per heavy atom. The van der Waals surface area contributed by atoms with E-state index in [9.17, 15) is 5.11 Å². The van der Waals surface area contributed by atoms with Crippen LogP contribution < -0.4 is 10.1 Å². The second-order valence-corrected chi connectivity index (χ2v) is 5.51. The van der Waals surface area contributed by atoms with Gasteiger partial charge < -0.3 is 15.2 Å². The van der Waals surface area contributed by atoms with Gasteiger partial charge in [-0.05, 0) is 36.6 Å². The van der Waals surface area contributed by atoms with Crippen LogP contribution in [0.5, 0.6) is 5.75 Å². The molecule has 0 saturated carbocycles. The van der Waals surface area contributed by atoms with Gasteiger partial charge >= 0.3 is 0 Å². The second-order valence-electron chi connectivity index (χ2n) is 5.51. The summed E-state index contributed by atoms with van der Waals surface area (Å²) in [5.41, 5.74) is 2.92. The average molecular weight is 285 g/mol. The Morgan fingerprint density at radius 2 is 1.86 bits per heavy atom. The van der Waals surface area contributed by atoms with Gasteiger partial charge in [0, 0.05) is 6.54 Å². The predicted octanol–water partition coefficient (Wildman–Crippen LogP) is 3.00. The molecule has 0 amide bonds. The SMILES string of the molecule is COc1ccc(CNC(C)(CO)c2ccccc2)cc1C. The van der Waals surface area contributed by atoms with Gasteiger partial charge in [0.25, 0.3) is 0 Å². The smallest absolute Gasteiger partial charge is 0.121 e. The summed E-state index contributed by atoms with van der Waals surface area (Å²) in [6.45, 7) is 4.78. The van der Waals surface area contributed by atoms with Gasteiger partial charge in [-0.2, -0.15) is 0 Å². The summed E-state index contributed by atoms with van der Waals surface area (Å²) < 4.78 is 5.28. The molecular weight excluding hydrogens is 262 g/mol. The van der Waals surface area contributed by atoms with E-state index in [0.29, 0.717) is 6.54 Å². The summed E-state index contributed by atoms with van der Waals surface area (Å²) in [5, 5.41) is 13.2. The predicted molar refractivity (Wildman–Crippen MR) is 85.5 cm³/mol. The zero-order valence-corrected chi connectivity index (χ0v) is 12.9. The molecule has 2 aromatic carbocycles. The lowest BCUT2D eigenvalue weighted by atomic mass is 9.92. The van der Waals surface area contributed by atoms with Crippen LogP contribution in [0.15, 0.2) is 48.5 Å². The van der Waals surface area contributed by atoms with Crippen LogP contribution in [0.2, 0.25) is 0 Å². The van der Waals surface area contributed by atoms with Gasteiger partial charge in [-0.15, -0.1) is 0 Å². The number of benzene rings is 2. The Kier molecular flexibility index (Phi) is 4.99. The van der Waals surface area contributed by atoms with Gasteiger partial charge in [-0.25, -0.2) is 0 Å². The molecule has 0 aromatic heterocycles. The summed E-state index contributed by atoms with van der Waals surface area (Å²) in [6, 6.07) is 16.1. The first-order valence-electron chi connectivity index (χ1n) is 7.14. The minimum Gasteiger partial charge on any atom is -0.496 e. The first kappa shape index (κ1) is 15.5. The normalized spacial score (nSPS) is 13.7. The van der Waals surface area contributed by atoms with E-state index in [4.69, 9.17) is 4.74 Å². The Bertz CT molecular complexity index is 583. The molecule has 0 aliphatic carbocycles. The molecule has 3 heteroatoms. The van der Waals surface area contributed by atoms with Gasteiger partial charge in [-0.3, -0.25) is 0 Å². The maximum Gasteiger partial charge on any atom is 0.121 e. The van der Waals surface area contributed by atoms with E-state index in [1.165, 1.54) is 5.56 Å². The third-order valence-corrected chi connectivity index (χ3v) is 3.87. The van der Waals surface area contributed by atoms with Crippen LogP contribution in [-0.2, 0) is 12.1 Å². The first-order valence-corrected chi connectivity index (χ1v) is 7.14. The van der Waals surface area contributed by atoms with Crippen LogP contribution in [-0.4, -0.2) is 18.8 Å². The third kappa shape index (κ3) is 3.63. The molecule has 0 radical (unpaired) electrons. The first-order chi connectivity index (χ1) is 10.1. The molecule has 0 heterocycles. The van der Waals surface area contributed by atoms with Crippen molar-refractivity contribution < 1.29 is 9.84 Å². The molecule has 3 nitrogen and oxygen atoms in total. The minimum absolute atomic E-state index is 0.0478. The minimum atomic E-state index is -0.449. The second kappa shape index (κ2) is 6.74. The van der Waals surface area contributed by atoms with Crippen LogP contribution in [0.1, 0.15) is 23.6 Å². The van der Waals surface area contributed by atoms with Crippen molar-refractivity contribution in [3.63, 3.8) is 0 Å². The Labute approximate surface area is 126 Å². The fraction of sp³-hybridized carbons (Fsp3) is 0.333. The maximum absolute atomic E-state index is 9.77. The molecule has 0 aliphatic heterocycles. The van der Waals surface area contributed by atoms with Crippen LogP contribution in [0.25, 0.3) is 0 Å². The average Bonchev–Trinajstić information content (AvgIpc) is 2.53. The van der Waals surface area contributed by atoms with E-state index in [-0.39, 0.29) is 6.61 Å². The number of aryl methyl sites for hydroxylation is 1.